The molecule has 0 atom stereocenters. The van der Waals surface area contributed by atoms with Crippen LogP contribution in [0.4, 0.5) is 5.69 Å². The molecule has 1 saturated heterocycles. The zero-order valence-corrected chi connectivity index (χ0v) is 23.1. The van der Waals surface area contributed by atoms with Gasteiger partial charge in [-0.1, -0.05) is 24.3 Å². The van der Waals surface area contributed by atoms with E-state index in [4.69, 9.17) is 9.72 Å². The molecule has 1 fully saturated rings. The van der Waals surface area contributed by atoms with Gasteiger partial charge in [0.05, 0.1) is 11.0 Å². The number of carbonyl (C=O) groups excluding carboxylic acids is 1. The van der Waals surface area contributed by atoms with Crippen molar-refractivity contribution in [3.8, 4) is 17.1 Å². The normalized spacial score (nSPS) is 14.7. The monoisotopic (exact) mass is 526 g/mol. The second-order valence-electron chi connectivity index (χ2n) is 10.5. The highest BCUT2D eigenvalue weighted by Gasteiger charge is 2.14. The van der Waals surface area contributed by atoms with E-state index in [1.54, 1.807) is 0 Å². The molecule has 8 heteroatoms. The summed E-state index contributed by atoms with van der Waals surface area (Å²) in [4.78, 5) is 28.1. The van der Waals surface area contributed by atoms with Crippen LogP contribution >= 0.6 is 0 Å². The lowest BCUT2D eigenvalue weighted by Gasteiger charge is -2.32. The summed E-state index contributed by atoms with van der Waals surface area (Å²) in [5.41, 5.74) is 5.22. The predicted molar refractivity (Wildman–Crippen MR) is 158 cm³/mol. The third kappa shape index (κ3) is 7.23. The number of aromatic nitrogens is 2. The number of nitrogens with one attached hydrogen (secondary N) is 2. The van der Waals surface area contributed by atoms with Crippen molar-refractivity contribution in [2.24, 2.45) is 0 Å². The van der Waals surface area contributed by atoms with Gasteiger partial charge in [0.2, 0.25) is 0 Å². The minimum Gasteiger partial charge on any atom is -0.492 e. The summed E-state index contributed by atoms with van der Waals surface area (Å²) in [5, 5.41) is 3.02. The van der Waals surface area contributed by atoms with Gasteiger partial charge in [-0.2, -0.15) is 0 Å². The fourth-order valence-electron chi connectivity index (χ4n) is 4.68. The maximum absolute atomic E-state index is 13.0. The topological polar surface area (TPSA) is 76.7 Å². The van der Waals surface area contributed by atoms with Crippen LogP contribution < -0.4 is 10.1 Å². The number of carbonyl (C=O) groups is 1. The fraction of sp³-hybridized carbons (Fsp3) is 0.355. The molecule has 8 nitrogen and oxygen atoms in total. The lowest BCUT2D eigenvalue weighted by molar-refractivity contribution is 0.102. The van der Waals surface area contributed by atoms with Crippen LogP contribution in [0.3, 0.4) is 0 Å². The number of imidazole rings is 1. The third-order valence-corrected chi connectivity index (χ3v) is 7.18. The van der Waals surface area contributed by atoms with Crippen molar-refractivity contribution < 1.29 is 9.53 Å². The summed E-state index contributed by atoms with van der Waals surface area (Å²) in [7, 11) is 6.23. The largest absolute Gasteiger partial charge is 0.492 e. The number of likely N-dealkylation sites (N-methyl/N-ethyl adjacent to an activating group) is 2. The number of hydrogen-bond acceptors (Lipinski definition) is 6. The summed E-state index contributed by atoms with van der Waals surface area (Å²) in [6, 6.07) is 21.6. The molecule has 1 aromatic heterocycles. The van der Waals surface area contributed by atoms with Crippen molar-refractivity contribution in [2.45, 2.75) is 6.42 Å². The average Bonchev–Trinajstić information content (AvgIpc) is 3.37. The van der Waals surface area contributed by atoms with E-state index < -0.39 is 0 Å². The number of fused-ring (bicyclic) bond motifs is 1. The van der Waals surface area contributed by atoms with E-state index in [0.29, 0.717) is 12.2 Å². The SMILES string of the molecule is CN(C)CCOc1cccc(-c2nc3ccc(C(=O)Nc4ccc(CCN5CCN(C)CC5)cc4)cc3[nH]2)c1. The molecule has 2 heterocycles. The first kappa shape index (κ1) is 26.9. The standard InChI is InChI=1S/C31H38N6O2/c1-35(2)19-20-39-27-6-4-5-24(21-27)30-33-28-12-9-25(22-29(28)34-30)31(38)32-26-10-7-23(8-11-26)13-14-37-17-15-36(3)16-18-37/h4-12,21-22H,13-20H2,1-3H3,(H,32,38)(H,33,34). The van der Waals surface area contributed by atoms with E-state index >= 15 is 0 Å². The number of amides is 1. The van der Waals surface area contributed by atoms with Crippen molar-refractivity contribution in [1.29, 1.82) is 0 Å². The van der Waals surface area contributed by atoms with Crippen LogP contribution in [0.1, 0.15) is 15.9 Å². The van der Waals surface area contributed by atoms with Crippen molar-refractivity contribution in [3.63, 3.8) is 0 Å². The van der Waals surface area contributed by atoms with Crippen LogP contribution in [-0.2, 0) is 6.42 Å². The number of aromatic amines is 1. The molecule has 3 aromatic carbocycles. The number of ether oxygens (including phenoxy) is 1. The number of hydrogen-bond donors (Lipinski definition) is 2. The molecule has 39 heavy (non-hydrogen) atoms. The van der Waals surface area contributed by atoms with E-state index in [1.807, 2.05) is 68.7 Å². The van der Waals surface area contributed by atoms with Gasteiger partial charge in [-0.15, -0.1) is 0 Å². The average molecular weight is 527 g/mol. The Morgan fingerprint density at radius 3 is 2.59 bits per heavy atom. The Labute approximate surface area is 230 Å². The lowest BCUT2D eigenvalue weighted by atomic mass is 10.1. The number of anilines is 1. The zero-order valence-electron chi connectivity index (χ0n) is 23.1. The molecule has 0 radical (unpaired) electrons. The molecular formula is C31H38N6O2. The van der Waals surface area contributed by atoms with Crippen LogP contribution in [0, 0.1) is 0 Å². The second-order valence-corrected chi connectivity index (χ2v) is 10.5. The van der Waals surface area contributed by atoms with E-state index in [0.717, 1.165) is 79.5 Å². The molecule has 0 saturated carbocycles. The molecule has 1 amide bonds. The van der Waals surface area contributed by atoms with Gasteiger partial charge in [-0.3, -0.25) is 4.79 Å². The maximum Gasteiger partial charge on any atom is 0.255 e. The Hall–Kier alpha value is -3.72. The van der Waals surface area contributed by atoms with Crippen molar-refractivity contribution in [3.05, 3.63) is 77.9 Å². The van der Waals surface area contributed by atoms with Crippen LogP contribution in [0.2, 0.25) is 0 Å². The number of benzene rings is 3. The Bertz CT molecular complexity index is 1390. The molecular weight excluding hydrogens is 488 g/mol. The second kappa shape index (κ2) is 12.4. The van der Waals surface area contributed by atoms with Gasteiger partial charge in [0.15, 0.2) is 0 Å². The first-order valence-electron chi connectivity index (χ1n) is 13.6. The number of piperazine rings is 1. The quantitative estimate of drug-likeness (QED) is 0.322. The first-order valence-corrected chi connectivity index (χ1v) is 13.6. The molecule has 4 aromatic rings. The van der Waals surface area contributed by atoms with Gasteiger partial charge in [-0.25, -0.2) is 4.98 Å². The first-order chi connectivity index (χ1) is 18.9. The van der Waals surface area contributed by atoms with Gasteiger partial charge >= 0.3 is 0 Å². The van der Waals surface area contributed by atoms with Crippen LogP contribution in [0.5, 0.6) is 5.75 Å². The third-order valence-electron chi connectivity index (χ3n) is 7.18. The Morgan fingerprint density at radius 2 is 1.82 bits per heavy atom. The van der Waals surface area contributed by atoms with Gasteiger partial charge in [-0.05, 0) is 75.6 Å². The minimum atomic E-state index is -0.144. The van der Waals surface area contributed by atoms with E-state index in [9.17, 15) is 4.79 Å². The highest BCUT2D eigenvalue weighted by atomic mass is 16.5. The van der Waals surface area contributed by atoms with Crippen LogP contribution in [0.15, 0.2) is 66.7 Å². The zero-order chi connectivity index (χ0) is 27.2. The lowest BCUT2D eigenvalue weighted by Crippen LogP contribution is -2.45. The molecule has 2 N–H and O–H groups in total. The highest BCUT2D eigenvalue weighted by Crippen LogP contribution is 2.25. The van der Waals surface area contributed by atoms with Crippen LogP contribution in [0.25, 0.3) is 22.4 Å². The van der Waals surface area contributed by atoms with E-state index in [-0.39, 0.29) is 5.91 Å². The molecule has 1 aliphatic heterocycles. The molecule has 1 aliphatic rings. The number of H-pyrrole nitrogens is 1. The Kier molecular flexibility index (Phi) is 8.56. The molecule has 204 valence electrons. The van der Waals surface area contributed by atoms with E-state index in [2.05, 4.69) is 44.2 Å². The molecule has 0 bridgehead atoms. The highest BCUT2D eigenvalue weighted by molar-refractivity contribution is 6.06. The summed E-state index contributed by atoms with van der Waals surface area (Å²) in [6.45, 7) is 7.07. The van der Waals surface area contributed by atoms with Gasteiger partial charge in [0.25, 0.3) is 5.91 Å². The molecule has 0 spiro atoms. The Morgan fingerprint density at radius 1 is 1.03 bits per heavy atom. The summed E-state index contributed by atoms with van der Waals surface area (Å²) < 4.78 is 5.87. The van der Waals surface area contributed by atoms with Crippen molar-refractivity contribution in [1.82, 2.24) is 24.7 Å². The van der Waals surface area contributed by atoms with Gasteiger partial charge in [0, 0.05) is 56.1 Å². The summed E-state index contributed by atoms with van der Waals surface area (Å²) in [6.07, 6.45) is 1.02. The maximum atomic E-state index is 13.0. The van der Waals surface area contributed by atoms with Crippen molar-refractivity contribution in [2.75, 3.05) is 72.3 Å². The van der Waals surface area contributed by atoms with E-state index in [1.165, 1.54) is 5.56 Å². The summed E-state index contributed by atoms with van der Waals surface area (Å²) >= 11 is 0. The molecule has 0 unspecified atom stereocenters. The summed E-state index contributed by atoms with van der Waals surface area (Å²) in [5.74, 6) is 1.41. The molecule has 5 rings (SSSR count). The van der Waals surface area contributed by atoms with Crippen LogP contribution in [-0.4, -0.2) is 97.6 Å². The van der Waals surface area contributed by atoms with Crippen molar-refractivity contribution >= 4 is 22.6 Å². The number of rotatable bonds is 10. The molecule has 0 aliphatic carbocycles. The number of nitrogens with zero attached hydrogens (tertiary/aromatic N) is 4. The minimum absolute atomic E-state index is 0.144. The Balaban J connectivity index is 1.19. The predicted octanol–water partition coefficient (Wildman–Crippen LogP) is 4.21. The van der Waals surface area contributed by atoms with Gasteiger partial charge in [0.1, 0.15) is 18.2 Å². The smallest absolute Gasteiger partial charge is 0.255 e. The van der Waals surface area contributed by atoms with Gasteiger partial charge < -0.3 is 29.7 Å². The fourth-order valence-corrected chi connectivity index (χ4v) is 4.68.